The summed E-state index contributed by atoms with van der Waals surface area (Å²) in [6.45, 7) is -0.302. The maximum atomic E-state index is 12.0. The Morgan fingerprint density at radius 2 is 2.00 bits per heavy atom. The second-order valence-corrected chi connectivity index (χ2v) is 3.96. The van der Waals surface area contributed by atoms with Crippen LogP contribution in [0.3, 0.4) is 0 Å². The zero-order valence-corrected chi connectivity index (χ0v) is 10.8. The van der Waals surface area contributed by atoms with Gasteiger partial charge in [0.05, 0.1) is 5.69 Å². The van der Waals surface area contributed by atoms with Gasteiger partial charge in [0.1, 0.15) is 12.3 Å². The highest BCUT2D eigenvalue weighted by molar-refractivity contribution is 6.03. The van der Waals surface area contributed by atoms with Crippen molar-refractivity contribution in [1.29, 1.82) is 0 Å². The van der Waals surface area contributed by atoms with Crippen molar-refractivity contribution in [2.75, 3.05) is 11.9 Å². The van der Waals surface area contributed by atoms with Gasteiger partial charge in [0.2, 0.25) is 0 Å². The number of aromatic nitrogens is 2. The van der Waals surface area contributed by atoms with Crippen LogP contribution in [-0.4, -0.2) is 27.6 Å². The Bertz CT molecular complexity index is 811. The van der Waals surface area contributed by atoms with Crippen molar-refractivity contribution in [3.05, 3.63) is 62.4 Å². The lowest BCUT2D eigenvalue weighted by Crippen LogP contribution is -2.27. The number of aliphatic hydroxyl groups excluding tert-OH is 1. The number of carbonyl (C=O) groups excluding carboxylic acids is 1. The molecule has 0 radical (unpaired) electrons. The van der Waals surface area contributed by atoms with E-state index in [0.717, 1.165) is 6.07 Å². The molecular weight excluding hydrogens is 274 g/mol. The first kappa shape index (κ1) is 14.3. The quantitative estimate of drug-likeness (QED) is 0.565. The molecule has 7 nitrogen and oxygen atoms in total. The topological polar surface area (TPSA) is 115 Å². The molecule has 0 saturated carbocycles. The molecule has 106 valence electrons. The van der Waals surface area contributed by atoms with Gasteiger partial charge in [-0.2, -0.15) is 0 Å². The molecule has 1 heterocycles. The summed E-state index contributed by atoms with van der Waals surface area (Å²) < 4.78 is 0. The van der Waals surface area contributed by atoms with Gasteiger partial charge in [-0.25, -0.2) is 4.79 Å². The molecule has 1 amide bonds. The molecule has 0 fully saturated rings. The number of hydrogen-bond donors (Lipinski definition) is 4. The molecule has 2 rings (SSSR count). The van der Waals surface area contributed by atoms with Crippen LogP contribution in [0.1, 0.15) is 16.1 Å². The van der Waals surface area contributed by atoms with E-state index >= 15 is 0 Å². The highest BCUT2D eigenvalue weighted by Gasteiger charge is 2.10. The van der Waals surface area contributed by atoms with Crippen LogP contribution in [0.25, 0.3) is 0 Å². The number of carbonyl (C=O) groups is 1. The van der Waals surface area contributed by atoms with Gasteiger partial charge in [-0.05, 0) is 12.1 Å². The number of nitrogens with one attached hydrogen (secondary N) is 3. The van der Waals surface area contributed by atoms with Gasteiger partial charge in [-0.1, -0.05) is 24.0 Å². The minimum Gasteiger partial charge on any atom is -0.384 e. The van der Waals surface area contributed by atoms with Crippen LogP contribution in [0.15, 0.2) is 39.9 Å². The molecule has 0 aliphatic carbocycles. The number of amides is 1. The fourth-order valence-corrected chi connectivity index (χ4v) is 1.62. The highest BCUT2D eigenvalue weighted by atomic mass is 16.2. The van der Waals surface area contributed by atoms with Crippen LogP contribution in [0.2, 0.25) is 0 Å². The van der Waals surface area contributed by atoms with Gasteiger partial charge < -0.3 is 15.4 Å². The average Bonchev–Trinajstić information content (AvgIpc) is 2.45. The van der Waals surface area contributed by atoms with E-state index < -0.39 is 17.2 Å². The predicted molar refractivity (Wildman–Crippen MR) is 76.0 cm³/mol. The zero-order chi connectivity index (χ0) is 15.2. The zero-order valence-electron chi connectivity index (χ0n) is 10.8. The van der Waals surface area contributed by atoms with Crippen molar-refractivity contribution in [1.82, 2.24) is 9.97 Å². The molecule has 0 bridgehead atoms. The van der Waals surface area contributed by atoms with Crippen molar-refractivity contribution in [2.24, 2.45) is 0 Å². The number of aliphatic hydroxyl groups is 1. The maximum Gasteiger partial charge on any atom is 0.326 e. The normalized spacial score (nSPS) is 9.57. The standard InChI is InChI=1S/C14H11N3O4/c18-7-3-5-9-4-1-2-6-10(9)15-13(20)11-8-12(19)17-14(21)16-11/h1-2,4,6,8,18H,7H2,(H,15,20)(H2,16,17,19,21). The molecule has 0 saturated heterocycles. The lowest BCUT2D eigenvalue weighted by atomic mass is 10.1. The smallest absolute Gasteiger partial charge is 0.326 e. The van der Waals surface area contributed by atoms with Gasteiger partial charge in [-0.15, -0.1) is 0 Å². The molecule has 0 aliphatic rings. The largest absolute Gasteiger partial charge is 0.384 e. The first-order chi connectivity index (χ1) is 10.1. The third-order valence-electron chi connectivity index (χ3n) is 2.48. The van der Waals surface area contributed by atoms with Gasteiger partial charge in [0.25, 0.3) is 11.5 Å². The molecule has 0 atom stereocenters. The fraction of sp³-hybridized carbons (Fsp3) is 0.0714. The minimum absolute atomic E-state index is 0.159. The van der Waals surface area contributed by atoms with E-state index in [4.69, 9.17) is 5.11 Å². The van der Waals surface area contributed by atoms with Crippen LogP contribution in [0.5, 0.6) is 0 Å². The molecule has 4 N–H and O–H groups in total. The van der Waals surface area contributed by atoms with Crippen molar-refractivity contribution >= 4 is 11.6 Å². The van der Waals surface area contributed by atoms with E-state index in [1.165, 1.54) is 0 Å². The summed E-state index contributed by atoms with van der Waals surface area (Å²) in [6, 6.07) is 7.69. The van der Waals surface area contributed by atoms with Crippen LogP contribution >= 0.6 is 0 Å². The Labute approximate surface area is 118 Å². The summed E-state index contributed by atoms with van der Waals surface area (Å²) in [4.78, 5) is 38.5. The first-order valence-corrected chi connectivity index (χ1v) is 5.94. The number of H-pyrrole nitrogens is 2. The molecule has 0 aliphatic heterocycles. The Morgan fingerprint density at radius 1 is 1.24 bits per heavy atom. The third-order valence-corrected chi connectivity index (χ3v) is 2.48. The summed E-state index contributed by atoms with van der Waals surface area (Å²) in [5, 5.41) is 11.2. The Kier molecular flexibility index (Phi) is 4.33. The number of hydrogen-bond acceptors (Lipinski definition) is 4. The number of benzene rings is 1. The molecule has 7 heteroatoms. The second kappa shape index (κ2) is 6.36. The van der Waals surface area contributed by atoms with E-state index in [0.29, 0.717) is 11.3 Å². The summed E-state index contributed by atoms with van der Waals surface area (Å²) in [7, 11) is 0. The Morgan fingerprint density at radius 3 is 2.71 bits per heavy atom. The third kappa shape index (κ3) is 3.68. The highest BCUT2D eigenvalue weighted by Crippen LogP contribution is 2.14. The molecule has 0 spiro atoms. The summed E-state index contributed by atoms with van der Waals surface area (Å²) in [5.41, 5.74) is -0.677. The molecule has 0 unspecified atom stereocenters. The van der Waals surface area contributed by atoms with Gasteiger partial charge >= 0.3 is 5.69 Å². The Hall–Kier alpha value is -3.11. The molecule has 21 heavy (non-hydrogen) atoms. The monoisotopic (exact) mass is 285 g/mol. The van der Waals surface area contributed by atoms with E-state index in [1.54, 1.807) is 24.3 Å². The van der Waals surface area contributed by atoms with Crippen LogP contribution in [0.4, 0.5) is 5.69 Å². The maximum absolute atomic E-state index is 12.0. The van der Waals surface area contributed by atoms with Gasteiger partial charge in [-0.3, -0.25) is 14.6 Å². The van der Waals surface area contributed by atoms with E-state index in [2.05, 4.69) is 22.1 Å². The summed E-state index contributed by atoms with van der Waals surface area (Å²) >= 11 is 0. The summed E-state index contributed by atoms with van der Waals surface area (Å²) in [6.07, 6.45) is 0. The SMILES string of the molecule is O=C(Nc1ccccc1C#CCO)c1cc(=O)[nH]c(=O)[nH]1. The number of rotatable bonds is 2. The first-order valence-electron chi connectivity index (χ1n) is 5.94. The minimum atomic E-state index is -0.763. The van der Waals surface area contributed by atoms with Crippen molar-refractivity contribution < 1.29 is 9.90 Å². The molecule has 2 aromatic rings. The average molecular weight is 285 g/mol. The molecule has 1 aromatic heterocycles. The van der Waals surface area contributed by atoms with Gasteiger partial charge in [0, 0.05) is 11.6 Å². The number of aromatic amines is 2. The van der Waals surface area contributed by atoms with E-state index in [1.807, 2.05) is 4.98 Å². The van der Waals surface area contributed by atoms with Crippen LogP contribution in [-0.2, 0) is 0 Å². The number of para-hydroxylation sites is 1. The van der Waals surface area contributed by atoms with E-state index in [9.17, 15) is 14.4 Å². The van der Waals surface area contributed by atoms with Crippen LogP contribution in [0, 0.1) is 11.8 Å². The van der Waals surface area contributed by atoms with Crippen molar-refractivity contribution in [2.45, 2.75) is 0 Å². The lowest BCUT2D eigenvalue weighted by Gasteiger charge is -2.06. The summed E-state index contributed by atoms with van der Waals surface area (Å²) in [5.74, 6) is 4.52. The second-order valence-electron chi connectivity index (χ2n) is 3.96. The lowest BCUT2D eigenvalue weighted by molar-refractivity contribution is 0.102. The predicted octanol–water partition coefficient (Wildman–Crippen LogP) is -0.341. The Balaban J connectivity index is 2.32. The van der Waals surface area contributed by atoms with E-state index in [-0.39, 0.29) is 12.3 Å². The van der Waals surface area contributed by atoms with Gasteiger partial charge in [0.15, 0.2) is 0 Å². The van der Waals surface area contributed by atoms with Crippen molar-refractivity contribution in [3.63, 3.8) is 0 Å². The molecular formula is C14H11N3O4. The fourth-order valence-electron chi connectivity index (χ4n) is 1.62. The number of anilines is 1. The van der Waals surface area contributed by atoms with Crippen molar-refractivity contribution in [3.8, 4) is 11.8 Å². The molecule has 1 aromatic carbocycles. The van der Waals surface area contributed by atoms with Crippen LogP contribution < -0.4 is 16.6 Å².